The Morgan fingerprint density at radius 2 is 2.17 bits per heavy atom. The Hall–Kier alpha value is -1.37. The topological polar surface area (TPSA) is 59.6 Å². The van der Waals surface area contributed by atoms with Gasteiger partial charge >= 0.3 is 0 Å². The molecule has 1 heterocycles. The highest BCUT2D eigenvalue weighted by atomic mass is 35.5. The lowest BCUT2D eigenvalue weighted by Gasteiger charge is -2.13. The third-order valence-corrected chi connectivity index (χ3v) is 3.90. The monoisotopic (exact) mass is 356 g/mol. The maximum Gasteiger partial charge on any atom is 0.226 e. The van der Waals surface area contributed by atoms with Crippen molar-refractivity contribution in [2.45, 2.75) is 31.8 Å². The quantitative estimate of drug-likeness (QED) is 0.581. The predicted octanol–water partition coefficient (Wildman–Crippen LogP) is 2.67. The van der Waals surface area contributed by atoms with E-state index in [2.05, 4.69) is 10.6 Å². The van der Waals surface area contributed by atoms with Crippen LogP contribution in [0.15, 0.2) is 24.3 Å². The van der Waals surface area contributed by atoms with E-state index in [1.54, 1.807) is 24.3 Å². The Bertz CT molecular complexity index is 519. The molecule has 0 radical (unpaired) electrons. The summed E-state index contributed by atoms with van der Waals surface area (Å²) in [6.45, 7) is 1.91. The Labute approximate surface area is 146 Å². The van der Waals surface area contributed by atoms with Crippen molar-refractivity contribution in [3.8, 4) is 5.75 Å². The highest BCUT2D eigenvalue weighted by molar-refractivity contribution is 7.80. The molecular weight excluding hydrogens is 336 g/mol. The zero-order valence-corrected chi connectivity index (χ0v) is 14.4. The van der Waals surface area contributed by atoms with E-state index in [9.17, 15) is 4.79 Å². The number of rotatable bonds is 7. The molecule has 1 aliphatic heterocycles. The molecule has 0 aliphatic carbocycles. The maximum absolute atomic E-state index is 11.8. The van der Waals surface area contributed by atoms with Crippen molar-refractivity contribution in [2.75, 3.05) is 19.8 Å². The van der Waals surface area contributed by atoms with Crippen molar-refractivity contribution in [1.29, 1.82) is 0 Å². The highest BCUT2D eigenvalue weighted by Gasteiger charge is 2.15. The van der Waals surface area contributed by atoms with Crippen molar-refractivity contribution in [2.24, 2.45) is 0 Å². The van der Waals surface area contributed by atoms with Crippen LogP contribution in [0.5, 0.6) is 5.75 Å². The van der Waals surface area contributed by atoms with Gasteiger partial charge in [-0.3, -0.25) is 4.79 Å². The Morgan fingerprint density at radius 3 is 2.87 bits per heavy atom. The highest BCUT2D eigenvalue weighted by Crippen LogP contribution is 2.15. The molecule has 1 amide bonds. The summed E-state index contributed by atoms with van der Waals surface area (Å²) in [6.07, 6.45) is 3.28. The molecule has 2 N–H and O–H groups in total. The summed E-state index contributed by atoms with van der Waals surface area (Å²) >= 11 is 10.9. The molecule has 1 aliphatic rings. The molecular formula is C16H21ClN2O3S. The second-order valence-corrected chi connectivity index (χ2v) is 6.14. The number of ether oxygens (including phenoxy) is 2. The van der Waals surface area contributed by atoms with Crippen molar-refractivity contribution >= 4 is 34.8 Å². The first kappa shape index (κ1) is 18.0. The summed E-state index contributed by atoms with van der Waals surface area (Å²) in [6, 6.07) is 7.13. The molecule has 23 heavy (non-hydrogen) atoms. The van der Waals surface area contributed by atoms with Gasteiger partial charge in [-0.1, -0.05) is 11.6 Å². The van der Waals surface area contributed by atoms with E-state index in [-0.39, 0.29) is 12.0 Å². The van der Waals surface area contributed by atoms with Crippen LogP contribution >= 0.6 is 23.8 Å². The van der Waals surface area contributed by atoms with E-state index in [0.29, 0.717) is 36.1 Å². The molecule has 7 heteroatoms. The van der Waals surface area contributed by atoms with Gasteiger partial charge in [-0.15, -0.1) is 0 Å². The standard InChI is InChI=1S/C16H21ClN2O3S/c17-12-5-7-13(8-6-12)21-10-2-4-15(20)19-16(23)18-11-14-3-1-9-22-14/h5-8,14H,1-4,9-11H2,(H2,18,19,20,23). The molecule has 0 spiro atoms. The van der Waals surface area contributed by atoms with E-state index in [0.717, 1.165) is 25.2 Å². The number of nitrogens with one attached hydrogen (secondary N) is 2. The summed E-state index contributed by atoms with van der Waals surface area (Å²) in [5.41, 5.74) is 0. The zero-order valence-electron chi connectivity index (χ0n) is 12.8. The minimum absolute atomic E-state index is 0.116. The lowest BCUT2D eigenvalue weighted by Crippen LogP contribution is -2.42. The van der Waals surface area contributed by atoms with Gasteiger partial charge in [0.15, 0.2) is 5.11 Å². The first-order chi connectivity index (χ1) is 11.1. The molecule has 0 saturated carbocycles. The van der Waals surface area contributed by atoms with Gasteiger partial charge in [-0.2, -0.15) is 0 Å². The maximum atomic E-state index is 11.8. The molecule has 1 saturated heterocycles. The van der Waals surface area contributed by atoms with E-state index in [1.165, 1.54) is 0 Å². The summed E-state index contributed by atoms with van der Waals surface area (Å²) in [4.78, 5) is 11.8. The summed E-state index contributed by atoms with van der Waals surface area (Å²) in [5.74, 6) is 0.623. The Kier molecular flexibility index (Phi) is 7.58. The lowest BCUT2D eigenvalue weighted by atomic mass is 10.2. The molecule has 1 aromatic rings. The van der Waals surface area contributed by atoms with E-state index >= 15 is 0 Å². The van der Waals surface area contributed by atoms with Crippen molar-refractivity contribution < 1.29 is 14.3 Å². The number of halogens is 1. The number of hydrogen-bond donors (Lipinski definition) is 2. The molecule has 1 aromatic carbocycles. The molecule has 1 fully saturated rings. The second-order valence-electron chi connectivity index (χ2n) is 5.30. The largest absolute Gasteiger partial charge is 0.494 e. The number of thiocarbonyl (C=S) groups is 1. The Balaban J connectivity index is 1.53. The van der Waals surface area contributed by atoms with Crippen LogP contribution in [0.2, 0.25) is 5.02 Å². The third-order valence-electron chi connectivity index (χ3n) is 3.40. The van der Waals surface area contributed by atoms with Gasteiger partial charge in [-0.05, 0) is 55.7 Å². The normalized spacial score (nSPS) is 16.8. The van der Waals surface area contributed by atoms with Crippen molar-refractivity contribution in [3.05, 3.63) is 29.3 Å². The van der Waals surface area contributed by atoms with Crippen LogP contribution in [0.1, 0.15) is 25.7 Å². The van der Waals surface area contributed by atoms with Gasteiger partial charge in [0.2, 0.25) is 5.91 Å². The zero-order chi connectivity index (χ0) is 16.5. The molecule has 5 nitrogen and oxygen atoms in total. The van der Waals surface area contributed by atoms with Crippen LogP contribution in [0, 0.1) is 0 Å². The predicted molar refractivity (Wildman–Crippen MR) is 93.9 cm³/mol. The molecule has 0 aromatic heterocycles. The molecule has 2 rings (SSSR count). The van der Waals surface area contributed by atoms with Gasteiger partial charge in [0.25, 0.3) is 0 Å². The SMILES string of the molecule is O=C(CCCOc1ccc(Cl)cc1)NC(=S)NCC1CCCO1. The average Bonchev–Trinajstić information content (AvgIpc) is 3.05. The number of hydrogen-bond acceptors (Lipinski definition) is 4. The summed E-state index contributed by atoms with van der Waals surface area (Å²) < 4.78 is 11.0. The number of carbonyl (C=O) groups is 1. The number of benzene rings is 1. The van der Waals surface area contributed by atoms with Gasteiger partial charge < -0.3 is 20.1 Å². The molecule has 126 valence electrons. The van der Waals surface area contributed by atoms with E-state index in [1.807, 2.05) is 0 Å². The fourth-order valence-corrected chi connectivity index (χ4v) is 2.52. The van der Waals surface area contributed by atoms with Crippen LogP contribution in [0.3, 0.4) is 0 Å². The molecule has 0 bridgehead atoms. The lowest BCUT2D eigenvalue weighted by molar-refractivity contribution is -0.119. The fourth-order valence-electron chi connectivity index (χ4n) is 2.20. The van der Waals surface area contributed by atoms with Crippen molar-refractivity contribution in [1.82, 2.24) is 10.6 Å². The first-order valence-electron chi connectivity index (χ1n) is 7.71. The van der Waals surface area contributed by atoms with Crippen LogP contribution in [-0.2, 0) is 9.53 Å². The second kappa shape index (κ2) is 9.70. The first-order valence-corrected chi connectivity index (χ1v) is 8.50. The average molecular weight is 357 g/mol. The number of carbonyl (C=O) groups excluding carboxylic acids is 1. The summed E-state index contributed by atoms with van der Waals surface area (Å²) in [5, 5.41) is 6.69. The van der Waals surface area contributed by atoms with E-state index in [4.69, 9.17) is 33.3 Å². The third kappa shape index (κ3) is 7.16. The molecule has 1 atom stereocenters. The minimum atomic E-state index is -0.116. The number of amides is 1. The van der Waals surface area contributed by atoms with Crippen molar-refractivity contribution in [3.63, 3.8) is 0 Å². The van der Waals surface area contributed by atoms with Gasteiger partial charge in [0.1, 0.15) is 5.75 Å². The van der Waals surface area contributed by atoms with Crippen LogP contribution < -0.4 is 15.4 Å². The molecule has 1 unspecified atom stereocenters. The fraction of sp³-hybridized carbons (Fsp3) is 0.500. The van der Waals surface area contributed by atoms with Gasteiger partial charge in [0, 0.05) is 24.6 Å². The minimum Gasteiger partial charge on any atom is -0.494 e. The Morgan fingerprint density at radius 1 is 1.39 bits per heavy atom. The van der Waals surface area contributed by atoms with Gasteiger partial charge in [-0.25, -0.2) is 0 Å². The van der Waals surface area contributed by atoms with Crippen LogP contribution in [0.4, 0.5) is 0 Å². The van der Waals surface area contributed by atoms with Crippen LogP contribution in [0.25, 0.3) is 0 Å². The van der Waals surface area contributed by atoms with Gasteiger partial charge in [0.05, 0.1) is 12.7 Å². The van der Waals surface area contributed by atoms with Crippen LogP contribution in [-0.4, -0.2) is 36.9 Å². The van der Waals surface area contributed by atoms with E-state index < -0.39 is 0 Å². The summed E-state index contributed by atoms with van der Waals surface area (Å²) in [7, 11) is 0. The smallest absolute Gasteiger partial charge is 0.226 e.